The fraction of sp³-hybridized carbons (Fsp3) is 0.500. The van der Waals surface area contributed by atoms with E-state index in [2.05, 4.69) is 22.5 Å². The molecule has 0 bridgehead atoms. The van der Waals surface area contributed by atoms with Crippen molar-refractivity contribution in [1.82, 2.24) is 9.55 Å². The largest absolute Gasteiger partial charge is 0.385 e. The highest BCUT2D eigenvalue weighted by Gasteiger charge is 2.15. The Balaban J connectivity index is 2.48. The number of aliphatic hydroxyl groups is 1. The predicted octanol–water partition coefficient (Wildman–Crippen LogP) is 3.28. The number of aliphatic hydroxyl groups excluding tert-OH is 1. The van der Waals surface area contributed by atoms with E-state index in [-0.39, 0.29) is 0 Å². The normalized spacial score (nSPS) is 13.1. The standard InChI is InChI=1S/C14H20N2O/c1-3-5-10-16-12-9-7-6-8-11(12)15-14(16)13(17)4-2/h6-9,13,17H,3-5,10H2,1-2H3/t13-/m1/s1. The van der Waals surface area contributed by atoms with Crippen molar-refractivity contribution >= 4 is 11.0 Å². The van der Waals surface area contributed by atoms with Crippen LogP contribution >= 0.6 is 0 Å². The fourth-order valence-corrected chi connectivity index (χ4v) is 2.08. The third-order valence-corrected chi connectivity index (χ3v) is 3.10. The van der Waals surface area contributed by atoms with Crippen molar-refractivity contribution in [1.29, 1.82) is 0 Å². The lowest BCUT2D eigenvalue weighted by Gasteiger charge is -2.11. The molecule has 1 aromatic carbocycles. The average Bonchev–Trinajstić information content (AvgIpc) is 2.74. The first-order valence-corrected chi connectivity index (χ1v) is 6.41. The van der Waals surface area contributed by atoms with Crippen molar-refractivity contribution in [2.45, 2.75) is 45.8 Å². The fourth-order valence-electron chi connectivity index (χ4n) is 2.08. The topological polar surface area (TPSA) is 38.0 Å². The van der Waals surface area contributed by atoms with E-state index in [4.69, 9.17) is 0 Å². The third kappa shape index (κ3) is 2.34. The Morgan fingerprint density at radius 2 is 2.06 bits per heavy atom. The summed E-state index contributed by atoms with van der Waals surface area (Å²) in [4.78, 5) is 4.55. The highest BCUT2D eigenvalue weighted by atomic mass is 16.3. The van der Waals surface area contributed by atoms with Crippen molar-refractivity contribution in [3.63, 3.8) is 0 Å². The molecule has 2 rings (SSSR count). The van der Waals surface area contributed by atoms with Crippen LogP contribution in [0.4, 0.5) is 0 Å². The van der Waals surface area contributed by atoms with Crippen LogP contribution in [0.2, 0.25) is 0 Å². The van der Waals surface area contributed by atoms with Crippen molar-refractivity contribution in [2.24, 2.45) is 0 Å². The van der Waals surface area contributed by atoms with Gasteiger partial charge in [0, 0.05) is 6.54 Å². The average molecular weight is 232 g/mol. The van der Waals surface area contributed by atoms with E-state index in [0.717, 1.165) is 36.2 Å². The lowest BCUT2D eigenvalue weighted by Crippen LogP contribution is -2.08. The second-order valence-electron chi connectivity index (χ2n) is 4.39. The number of unbranched alkanes of at least 4 members (excludes halogenated alkanes) is 1. The molecule has 0 saturated carbocycles. The first kappa shape index (κ1) is 12.1. The van der Waals surface area contributed by atoms with Crippen molar-refractivity contribution in [2.75, 3.05) is 0 Å². The van der Waals surface area contributed by atoms with Crippen LogP contribution < -0.4 is 0 Å². The van der Waals surface area contributed by atoms with E-state index in [1.807, 2.05) is 25.1 Å². The Morgan fingerprint density at radius 3 is 2.76 bits per heavy atom. The zero-order valence-corrected chi connectivity index (χ0v) is 10.6. The van der Waals surface area contributed by atoms with Gasteiger partial charge in [-0.2, -0.15) is 0 Å². The minimum atomic E-state index is -0.459. The van der Waals surface area contributed by atoms with Crippen molar-refractivity contribution in [3.8, 4) is 0 Å². The summed E-state index contributed by atoms with van der Waals surface area (Å²) in [6.45, 7) is 5.09. The van der Waals surface area contributed by atoms with Gasteiger partial charge in [0.1, 0.15) is 11.9 Å². The number of benzene rings is 1. The molecular formula is C14H20N2O. The molecule has 0 fully saturated rings. The highest BCUT2D eigenvalue weighted by molar-refractivity contribution is 5.75. The van der Waals surface area contributed by atoms with Crippen molar-refractivity contribution in [3.05, 3.63) is 30.1 Å². The number of rotatable bonds is 5. The number of fused-ring (bicyclic) bond motifs is 1. The number of para-hydroxylation sites is 2. The van der Waals surface area contributed by atoms with Gasteiger partial charge >= 0.3 is 0 Å². The molecular weight excluding hydrogens is 212 g/mol. The van der Waals surface area contributed by atoms with Crippen LogP contribution in [0.3, 0.4) is 0 Å². The minimum absolute atomic E-state index is 0.459. The predicted molar refractivity (Wildman–Crippen MR) is 69.9 cm³/mol. The van der Waals surface area contributed by atoms with Crippen LogP contribution in [0, 0.1) is 0 Å². The summed E-state index contributed by atoms with van der Waals surface area (Å²) >= 11 is 0. The van der Waals surface area contributed by atoms with E-state index in [0.29, 0.717) is 6.42 Å². The maximum atomic E-state index is 10.0. The van der Waals surface area contributed by atoms with Crippen LogP contribution in [0.5, 0.6) is 0 Å². The quantitative estimate of drug-likeness (QED) is 0.859. The smallest absolute Gasteiger partial charge is 0.138 e. The van der Waals surface area contributed by atoms with Gasteiger partial charge in [0.15, 0.2) is 0 Å². The number of nitrogens with zero attached hydrogens (tertiary/aromatic N) is 2. The Hall–Kier alpha value is -1.35. The molecule has 0 spiro atoms. The maximum absolute atomic E-state index is 10.0. The summed E-state index contributed by atoms with van der Waals surface area (Å²) in [7, 11) is 0. The van der Waals surface area contributed by atoms with Gasteiger partial charge in [-0.05, 0) is 25.0 Å². The molecule has 0 aliphatic rings. The van der Waals surface area contributed by atoms with E-state index < -0.39 is 6.10 Å². The first-order valence-electron chi connectivity index (χ1n) is 6.41. The Morgan fingerprint density at radius 1 is 1.29 bits per heavy atom. The molecule has 0 saturated heterocycles. The number of imidazole rings is 1. The molecule has 1 heterocycles. The monoisotopic (exact) mass is 232 g/mol. The minimum Gasteiger partial charge on any atom is -0.385 e. The summed E-state index contributed by atoms with van der Waals surface area (Å²) in [5.74, 6) is 0.808. The summed E-state index contributed by atoms with van der Waals surface area (Å²) in [5.41, 5.74) is 2.11. The SMILES string of the molecule is CCCCn1c([C@H](O)CC)nc2ccccc21. The van der Waals surface area contributed by atoms with Gasteiger partial charge < -0.3 is 9.67 Å². The molecule has 3 heteroatoms. The van der Waals surface area contributed by atoms with E-state index >= 15 is 0 Å². The molecule has 1 atom stereocenters. The lowest BCUT2D eigenvalue weighted by molar-refractivity contribution is 0.159. The molecule has 17 heavy (non-hydrogen) atoms. The summed E-state index contributed by atoms with van der Waals surface area (Å²) in [6.07, 6.45) is 2.51. The highest BCUT2D eigenvalue weighted by Crippen LogP contribution is 2.23. The van der Waals surface area contributed by atoms with E-state index in [9.17, 15) is 5.11 Å². The molecule has 3 nitrogen and oxygen atoms in total. The molecule has 0 aliphatic carbocycles. The first-order chi connectivity index (χ1) is 8.27. The van der Waals surface area contributed by atoms with Gasteiger partial charge in [-0.1, -0.05) is 32.4 Å². The Kier molecular flexibility index (Phi) is 3.79. The lowest BCUT2D eigenvalue weighted by atomic mass is 10.2. The molecule has 92 valence electrons. The second-order valence-corrected chi connectivity index (χ2v) is 4.39. The van der Waals surface area contributed by atoms with Gasteiger partial charge in [0.2, 0.25) is 0 Å². The third-order valence-electron chi connectivity index (χ3n) is 3.10. The molecule has 1 N–H and O–H groups in total. The zero-order valence-electron chi connectivity index (χ0n) is 10.6. The van der Waals surface area contributed by atoms with Gasteiger partial charge in [0.25, 0.3) is 0 Å². The molecule has 0 aliphatic heterocycles. The van der Waals surface area contributed by atoms with Crippen LogP contribution in [-0.4, -0.2) is 14.7 Å². The van der Waals surface area contributed by atoms with Crippen molar-refractivity contribution < 1.29 is 5.11 Å². The van der Waals surface area contributed by atoms with Gasteiger partial charge in [-0.15, -0.1) is 0 Å². The van der Waals surface area contributed by atoms with Crippen LogP contribution in [-0.2, 0) is 6.54 Å². The summed E-state index contributed by atoms with van der Waals surface area (Å²) in [5, 5.41) is 10.0. The molecule has 0 radical (unpaired) electrons. The van der Waals surface area contributed by atoms with Crippen LogP contribution in [0.1, 0.15) is 45.0 Å². The molecule has 0 unspecified atom stereocenters. The Labute approximate surface area is 102 Å². The molecule has 2 aromatic rings. The van der Waals surface area contributed by atoms with Gasteiger partial charge in [0.05, 0.1) is 11.0 Å². The number of aromatic nitrogens is 2. The molecule has 0 amide bonds. The number of aryl methyl sites for hydroxylation is 1. The van der Waals surface area contributed by atoms with Crippen LogP contribution in [0.25, 0.3) is 11.0 Å². The summed E-state index contributed by atoms with van der Waals surface area (Å²) < 4.78 is 2.16. The number of hydrogen-bond donors (Lipinski definition) is 1. The van der Waals surface area contributed by atoms with Crippen LogP contribution in [0.15, 0.2) is 24.3 Å². The van der Waals surface area contributed by atoms with Gasteiger partial charge in [-0.3, -0.25) is 0 Å². The number of hydrogen-bond acceptors (Lipinski definition) is 2. The van der Waals surface area contributed by atoms with E-state index in [1.54, 1.807) is 0 Å². The maximum Gasteiger partial charge on any atom is 0.138 e. The van der Waals surface area contributed by atoms with E-state index in [1.165, 1.54) is 0 Å². The summed E-state index contributed by atoms with van der Waals surface area (Å²) in [6, 6.07) is 8.09. The zero-order chi connectivity index (χ0) is 12.3. The second kappa shape index (κ2) is 5.32. The van der Waals surface area contributed by atoms with Gasteiger partial charge in [-0.25, -0.2) is 4.98 Å². The Bertz CT molecular complexity index is 490. The molecule has 1 aromatic heterocycles.